The molecule has 198 valence electrons. The number of aryl methyl sites for hydroxylation is 6. The Kier molecular flexibility index (Phi) is 8.06. The van der Waals surface area contributed by atoms with Gasteiger partial charge in [0.25, 0.3) is 0 Å². The SMILES string of the molecule is Cc1cc(/C=C/c2cc(/C=C/c3cc(C)c(O)c(C)c3)nc(/C=C/c3cc(C)c(O)c(C)c3)c2)cc(C)c1O. The molecule has 39 heavy (non-hydrogen) atoms. The highest BCUT2D eigenvalue weighted by Crippen LogP contribution is 2.27. The summed E-state index contributed by atoms with van der Waals surface area (Å²) in [5, 5.41) is 30.3. The Morgan fingerprint density at radius 3 is 0.897 bits per heavy atom. The van der Waals surface area contributed by atoms with Crippen LogP contribution in [0.3, 0.4) is 0 Å². The van der Waals surface area contributed by atoms with Crippen LogP contribution in [0.5, 0.6) is 17.2 Å². The molecule has 3 aromatic carbocycles. The van der Waals surface area contributed by atoms with E-state index in [0.29, 0.717) is 17.2 Å². The van der Waals surface area contributed by atoms with Crippen LogP contribution in [0.2, 0.25) is 0 Å². The Morgan fingerprint density at radius 1 is 0.385 bits per heavy atom. The Labute approximate surface area is 231 Å². The van der Waals surface area contributed by atoms with Crippen LogP contribution in [-0.2, 0) is 0 Å². The molecular weight excluding hydrogens is 482 g/mol. The van der Waals surface area contributed by atoms with E-state index in [9.17, 15) is 15.3 Å². The molecule has 0 saturated heterocycles. The van der Waals surface area contributed by atoms with Crippen LogP contribution in [0.4, 0.5) is 0 Å². The zero-order valence-corrected chi connectivity index (χ0v) is 23.4. The highest BCUT2D eigenvalue weighted by atomic mass is 16.3. The molecule has 1 aromatic heterocycles. The van der Waals surface area contributed by atoms with Crippen molar-refractivity contribution in [3.63, 3.8) is 0 Å². The molecule has 1 heterocycles. The Bertz CT molecular complexity index is 1360. The maximum atomic E-state index is 10.1. The van der Waals surface area contributed by atoms with E-state index in [2.05, 4.69) is 0 Å². The van der Waals surface area contributed by atoms with Crippen molar-refractivity contribution in [3.05, 3.63) is 116 Å². The largest absolute Gasteiger partial charge is 0.507 e. The lowest BCUT2D eigenvalue weighted by molar-refractivity contribution is 0.466. The average molecular weight is 518 g/mol. The zero-order valence-electron chi connectivity index (χ0n) is 23.4. The highest BCUT2D eigenvalue weighted by Gasteiger charge is 2.05. The van der Waals surface area contributed by atoms with E-state index in [1.54, 1.807) is 0 Å². The van der Waals surface area contributed by atoms with E-state index in [0.717, 1.165) is 67.0 Å². The van der Waals surface area contributed by atoms with Gasteiger partial charge >= 0.3 is 0 Å². The van der Waals surface area contributed by atoms with E-state index >= 15 is 0 Å². The normalized spacial score (nSPS) is 11.8. The van der Waals surface area contributed by atoms with Gasteiger partial charge in [-0.2, -0.15) is 0 Å². The second-order valence-corrected chi connectivity index (χ2v) is 10.3. The van der Waals surface area contributed by atoms with E-state index in [1.807, 2.05) is 127 Å². The van der Waals surface area contributed by atoms with E-state index < -0.39 is 0 Å². The Balaban J connectivity index is 1.72. The summed E-state index contributed by atoms with van der Waals surface area (Å²) in [5.74, 6) is 0.976. The second-order valence-electron chi connectivity index (χ2n) is 10.3. The van der Waals surface area contributed by atoms with Crippen LogP contribution in [-0.4, -0.2) is 20.3 Å². The molecule has 0 aliphatic rings. The van der Waals surface area contributed by atoms with Crippen molar-refractivity contribution in [3.8, 4) is 17.2 Å². The van der Waals surface area contributed by atoms with E-state index in [1.165, 1.54) is 0 Å². The van der Waals surface area contributed by atoms with Crippen LogP contribution < -0.4 is 0 Å². The van der Waals surface area contributed by atoms with Gasteiger partial charge < -0.3 is 15.3 Å². The smallest absolute Gasteiger partial charge is 0.121 e. The maximum Gasteiger partial charge on any atom is 0.121 e. The van der Waals surface area contributed by atoms with Gasteiger partial charge in [0.15, 0.2) is 0 Å². The summed E-state index contributed by atoms with van der Waals surface area (Å²) in [4.78, 5) is 4.84. The second kappa shape index (κ2) is 11.4. The fraction of sp³-hybridized carbons (Fsp3) is 0.171. The van der Waals surface area contributed by atoms with Crippen molar-refractivity contribution >= 4 is 36.5 Å². The van der Waals surface area contributed by atoms with Gasteiger partial charge in [-0.15, -0.1) is 0 Å². The van der Waals surface area contributed by atoms with E-state index in [-0.39, 0.29) is 0 Å². The van der Waals surface area contributed by atoms with Crippen molar-refractivity contribution in [1.82, 2.24) is 4.98 Å². The number of hydrogen-bond donors (Lipinski definition) is 3. The van der Waals surface area contributed by atoms with Crippen LogP contribution in [0, 0.1) is 41.5 Å². The summed E-state index contributed by atoms with van der Waals surface area (Å²) in [6.07, 6.45) is 12.0. The lowest BCUT2D eigenvalue weighted by Crippen LogP contribution is -1.89. The van der Waals surface area contributed by atoms with Crippen molar-refractivity contribution in [2.45, 2.75) is 41.5 Å². The summed E-state index contributed by atoms with van der Waals surface area (Å²) in [7, 11) is 0. The van der Waals surface area contributed by atoms with Gasteiger partial charge in [0, 0.05) is 0 Å². The molecule has 4 rings (SSSR count). The number of aromatic nitrogens is 1. The number of aromatic hydroxyl groups is 3. The first-order valence-corrected chi connectivity index (χ1v) is 13.0. The van der Waals surface area contributed by atoms with Gasteiger partial charge in [0.05, 0.1) is 11.4 Å². The van der Waals surface area contributed by atoms with Crippen molar-refractivity contribution in [2.24, 2.45) is 0 Å². The van der Waals surface area contributed by atoms with Crippen LogP contribution in [0.1, 0.15) is 67.0 Å². The standard InChI is InChI=1S/C35H35NO3/c1-21-13-27(14-22(2)33(21)37)7-8-30-19-31(11-9-28-15-23(3)34(38)24(4)16-28)36-32(20-30)12-10-29-17-25(5)35(39)26(6)18-29/h7-20,37-39H,1-6H3/b8-7+,11-9+,12-10+. The minimum Gasteiger partial charge on any atom is -0.507 e. The predicted molar refractivity (Wildman–Crippen MR) is 164 cm³/mol. The molecule has 0 fully saturated rings. The molecule has 4 nitrogen and oxygen atoms in total. The third kappa shape index (κ3) is 6.66. The first-order valence-electron chi connectivity index (χ1n) is 13.0. The fourth-order valence-electron chi connectivity index (χ4n) is 4.68. The number of phenolic OH excluding ortho intramolecular Hbond substituents is 3. The zero-order chi connectivity index (χ0) is 28.3. The van der Waals surface area contributed by atoms with Gasteiger partial charge in [-0.1, -0.05) is 24.3 Å². The quantitative estimate of drug-likeness (QED) is 0.239. The number of benzene rings is 3. The monoisotopic (exact) mass is 517 g/mol. The van der Waals surface area contributed by atoms with E-state index in [4.69, 9.17) is 4.98 Å². The van der Waals surface area contributed by atoms with Gasteiger partial charge in [-0.25, -0.2) is 4.98 Å². The summed E-state index contributed by atoms with van der Waals surface area (Å²) < 4.78 is 0. The molecule has 0 saturated carbocycles. The third-order valence-corrected chi connectivity index (χ3v) is 6.79. The van der Waals surface area contributed by atoms with Gasteiger partial charge in [-0.05, 0) is 158 Å². The lowest BCUT2D eigenvalue weighted by atomic mass is 10.0. The van der Waals surface area contributed by atoms with Crippen LogP contribution in [0.15, 0.2) is 48.5 Å². The first kappa shape index (κ1) is 27.5. The number of pyridine rings is 1. The minimum atomic E-state index is 0.323. The topological polar surface area (TPSA) is 73.6 Å². The number of phenols is 3. The molecule has 3 N–H and O–H groups in total. The molecule has 0 atom stereocenters. The molecular formula is C35H35NO3. The molecule has 4 aromatic rings. The lowest BCUT2D eigenvalue weighted by Gasteiger charge is -2.06. The molecule has 0 unspecified atom stereocenters. The number of rotatable bonds is 6. The summed E-state index contributed by atoms with van der Waals surface area (Å²) in [6.45, 7) is 11.4. The first-order chi connectivity index (χ1) is 18.5. The van der Waals surface area contributed by atoms with Crippen molar-refractivity contribution < 1.29 is 15.3 Å². The van der Waals surface area contributed by atoms with Crippen molar-refractivity contribution in [2.75, 3.05) is 0 Å². The molecule has 4 heteroatoms. The summed E-state index contributed by atoms with van der Waals surface area (Å²) in [5.41, 5.74) is 10.6. The van der Waals surface area contributed by atoms with Gasteiger partial charge in [-0.3, -0.25) is 0 Å². The Morgan fingerprint density at radius 2 is 0.615 bits per heavy atom. The van der Waals surface area contributed by atoms with Gasteiger partial charge in [0.1, 0.15) is 17.2 Å². The summed E-state index contributed by atoms with van der Waals surface area (Å²) in [6, 6.07) is 15.8. The van der Waals surface area contributed by atoms with Gasteiger partial charge in [0.2, 0.25) is 0 Å². The molecule has 0 aliphatic carbocycles. The molecule has 0 amide bonds. The predicted octanol–water partition coefficient (Wildman–Crippen LogP) is 8.56. The molecule has 0 aliphatic heterocycles. The Hall–Kier alpha value is -4.57. The van der Waals surface area contributed by atoms with Crippen LogP contribution >= 0.6 is 0 Å². The molecule has 0 bridgehead atoms. The molecule has 0 radical (unpaired) electrons. The maximum absolute atomic E-state index is 10.1. The fourth-order valence-corrected chi connectivity index (χ4v) is 4.68. The molecule has 0 spiro atoms. The highest BCUT2D eigenvalue weighted by molar-refractivity contribution is 5.77. The van der Waals surface area contributed by atoms with Crippen molar-refractivity contribution in [1.29, 1.82) is 0 Å². The van der Waals surface area contributed by atoms with Crippen LogP contribution in [0.25, 0.3) is 36.5 Å². The minimum absolute atomic E-state index is 0.323. The summed E-state index contributed by atoms with van der Waals surface area (Å²) >= 11 is 0. The number of nitrogens with zero attached hydrogens (tertiary/aromatic N) is 1. The third-order valence-electron chi connectivity index (χ3n) is 6.79. The number of hydrogen-bond acceptors (Lipinski definition) is 4. The average Bonchev–Trinajstić information content (AvgIpc) is 2.89.